The smallest absolute Gasteiger partial charge is 0.305 e. The van der Waals surface area contributed by atoms with Crippen molar-refractivity contribution in [2.45, 2.75) is 51.5 Å². The van der Waals surface area contributed by atoms with Crippen LogP contribution < -0.4 is 11.1 Å². The molecule has 0 aromatic carbocycles. The second-order valence-electron chi connectivity index (χ2n) is 5.53. The Morgan fingerprint density at radius 1 is 1.24 bits per heavy atom. The van der Waals surface area contributed by atoms with Crippen molar-refractivity contribution in [1.29, 1.82) is 0 Å². The fourth-order valence-electron chi connectivity index (χ4n) is 2.76. The molecule has 1 fully saturated rings. The third kappa shape index (κ3) is 8.02. The fraction of sp³-hybridized carbons (Fsp3) is 0.867. The maximum Gasteiger partial charge on any atom is 0.305 e. The Kier molecular flexibility index (Phi) is 9.01. The van der Waals surface area contributed by atoms with Crippen molar-refractivity contribution in [1.82, 2.24) is 10.2 Å². The van der Waals surface area contributed by atoms with Crippen LogP contribution in [0.15, 0.2) is 0 Å². The Bertz CT molecular complexity index is 317. The highest BCUT2D eigenvalue weighted by atomic mass is 16.5. The van der Waals surface area contributed by atoms with Gasteiger partial charge in [0.05, 0.1) is 13.2 Å². The highest BCUT2D eigenvalue weighted by Crippen LogP contribution is 2.13. The van der Waals surface area contributed by atoms with Crippen molar-refractivity contribution >= 4 is 11.9 Å². The van der Waals surface area contributed by atoms with Crippen LogP contribution in [0.5, 0.6) is 0 Å². The van der Waals surface area contributed by atoms with Crippen LogP contribution in [0.1, 0.15) is 45.4 Å². The van der Waals surface area contributed by atoms with E-state index >= 15 is 0 Å². The number of unbranched alkanes of at least 4 members (excludes halogenated alkanes) is 2. The van der Waals surface area contributed by atoms with E-state index in [1.54, 1.807) is 0 Å². The monoisotopic (exact) mass is 299 g/mol. The number of nitrogens with one attached hydrogen (secondary N) is 1. The zero-order valence-electron chi connectivity index (χ0n) is 13.1. The molecule has 1 rings (SSSR count). The van der Waals surface area contributed by atoms with Crippen molar-refractivity contribution < 1.29 is 14.3 Å². The molecular formula is C15H29N3O3. The maximum atomic E-state index is 11.2. The van der Waals surface area contributed by atoms with Gasteiger partial charge in [-0.05, 0) is 52.2 Å². The van der Waals surface area contributed by atoms with E-state index in [4.69, 9.17) is 10.5 Å². The number of nitrogens with zero attached hydrogens (tertiary/aromatic N) is 1. The van der Waals surface area contributed by atoms with Gasteiger partial charge in [0.25, 0.3) is 0 Å². The number of nitrogens with two attached hydrogens (primary N) is 1. The van der Waals surface area contributed by atoms with Crippen molar-refractivity contribution in [3.05, 3.63) is 0 Å². The minimum atomic E-state index is -0.264. The average molecular weight is 299 g/mol. The fourth-order valence-corrected chi connectivity index (χ4v) is 2.76. The number of carbonyl (C=O) groups excluding carboxylic acids is 2. The molecule has 1 saturated heterocycles. The third-order valence-corrected chi connectivity index (χ3v) is 3.82. The zero-order chi connectivity index (χ0) is 15.5. The molecule has 0 aromatic heterocycles. The lowest BCUT2D eigenvalue weighted by Crippen LogP contribution is -2.46. The number of primary amides is 1. The Balaban J connectivity index is 2.22. The lowest BCUT2D eigenvalue weighted by molar-refractivity contribution is -0.143. The summed E-state index contributed by atoms with van der Waals surface area (Å²) >= 11 is 0. The molecule has 1 heterocycles. The van der Waals surface area contributed by atoms with E-state index in [2.05, 4.69) is 10.2 Å². The minimum absolute atomic E-state index is 0.121. The number of rotatable bonds is 10. The minimum Gasteiger partial charge on any atom is -0.466 e. The largest absolute Gasteiger partial charge is 0.466 e. The van der Waals surface area contributed by atoms with E-state index in [9.17, 15) is 9.59 Å². The molecule has 0 aliphatic carbocycles. The summed E-state index contributed by atoms with van der Waals surface area (Å²) < 4.78 is 4.90. The molecule has 6 heteroatoms. The van der Waals surface area contributed by atoms with Crippen molar-refractivity contribution in [2.24, 2.45) is 5.73 Å². The number of ether oxygens (including phenoxy) is 1. The molecule has 0 atom stereocenters. The summed E-state index contributed by atoms with van der Waals surface area (Å²) in [5.41, 5.74) is 5.35. The lowest BCUT2D eigenvalue weighted by atomic mass is 10.0. The second-order valence-corrected chi connectivity index (χ2v) is 5.53. The number of hydrogen-bond donors (Lipinski definition) is 2. The number of esters is 1. The molecule has 0 unspecified atom stereocenters. The Labute approximate surface area is 127 Å². The molecule has 1 aliphatic heterocycles. The molecule has 6 nitrogen and oxygen atoms in total. The van der Waals surface area contributed by atoms with Gasteiger partial charge in [-0.25, -0.2) is 0 Å². The van der Waals surface area contributed by atoms with Gasteiger partial charge >= 0.3 is 5.97 Å². The zero-order valence-corrected chi connectivity index (χ0v) is 13.1. The van der Waals surface area contributed by atoms with Crippen LogP contribution >= 0.6 is 0 Å². The first-order valence-electron chi connectivity index (χ1n) is 8.02. The lowest BCUT2D eigenvalue weighted by Gasteiger charge is -2.33. The SMILES string of the molecule is CCOC(=O)CCCCCN(CC(N)=O)C1CCNCC1. The molecule has 1 amide bonds. The number of carbonyl (C=O) groups is 2. The Morgan fingerprint density at radius 2 is 1.95 bits per heavy atom. The second kappa shape index (κ2) is 10.6. The molecule has 0 aromatic rings. The molecule has 1 aliphatic rings. The van der Waals surface area contributed by atoms with Crippen molar-refractivity contribution in [3.63, 3.8) is 0 Å². The predicted octanol–water partition coefficient (Wildman–Crippen LogP) is 0.649. The average Bonchev–Trinajstić information content (AvgIpc) is 2.46. The predicted molar refractivity (Wildman–Crippen MR) is 81.8 cm³/mol. The molecule has 21 heavy (non-hydrogen) atoms. The van der Waals surface area contributed by atoms with Crippen LogP contribution in [0.3, 0.4) is 0 Å². The molecule has 3 N–H and O–H groups in total. The molecule has 122 valence electrons. The summed E-state index contributed by atoms with van der Waals surface area (Å²) in [6.07, 6.45) is 5.41. The molecule has 0 saturated carbocycles. The summed E-state index contributed by atoms with van der Waals surface area (Å²) in [4.78, 5) is 24.6. The van der Waals surface area contributed by atoms with Crippen LogP contribution in [-0.4, -0.2) is 55.6 Å². The van der Waals surface area contributed by atoms with Gasteiger partial charge in [-0.1, -0.05) is 6.42 Å². The van der Waals surface area contributed by atoms with E-state index in [0.717, 1.165) is 51.7 Å². The van der Waals surface area contributed by atoms with E-state index in [0.29, 0.717) is 25.6 Å². The first-order chi connectivity index (χ1) is 10.1. The topological polar surface area (TPSA) is 84.7 Å². The summed E-state index contributed by atoms with van der Waals surface area (Å²) in [5, 5.41) is 3.33. The number of hydrogen-bond acceptors (Lipinski definition) is 5. The molecule has 0 spiro atoms. The Morgan fingerprint density at radius 3 is 2.57 bits per heavy atom. The molecular weight excluding hydrogens is 270 g/mol. The van der Waals surface area contributed by atoms with Gasteiger partial charge < -0.3 is 15.8 Å². The molecule has 0 bridgehead atoms. The van der Waals surface area contributed by atoms with Crippen LogP contribution in [-0.2, 0) is 14.3 Å². The van der Waals surface area contributed by atoms with E-state index in [1.165, 1.54) is 0 Å². The van der Waals surface area contributed by atoms with E-state index in [-0.39, 0.29) is 11.9 Å². The normalized spacial score (nSPS) is 16.1. The summed E-state index contributed by atoms with van der Waals surface area (Å²) in [6.45, 7) is 5.48. The van der Waals surface area contributed by atoms with Crippen LogP contribution in [0, 0.1) is 0 Å². The summed E-state index contributed by atoms with van der Waals surface area (Å²) in [7, 11) is 0. The quantitative estimate of drug-likeness (QED) is 0.457. The highest BCUT2D eigenvalue weighted by Gasteiger charge is 2.21. The Hall–Kier alpha value is -1.14. The van der Waals surface area contributed by atoms with E-state index < -0.39 is 0 Å². The van der Waals surface area contributed by atoms with Gasteiger partial charge in [0, 0.05) is 12.5 Å². The number of amides is 1. The molecule has 0 radical (unpaired) electrons. The van der Waals surface area contributed by atoms with Gasteiger partial charge in [0.15, 0.2) is 0 Å². The standard InChI is InChI=1S/C15H29N3O3/c1-2-21-15(20)6-4-3-5-11-18(12-14(16)19)13-7-9-17-10-8-13/h13,17H,2-12H2,1H3,(H2,16,19). The number of piperidine rings is 1. The first-order valence-corrected chi connectivity index (χ1v) is 8.02. The van der Waals surface area contributed by atoms with Crippen LogP contribution in [0.2, 0.25) is 0 Å². The van der Waals surface area contributed by atoms with Crippen LogP contribution in [0.4, 0.5) is 0 Å². The van der Waals surface area contributed by atoms with Gasteiger partial charge in [-0.2, -0.15) is 0 Å². The van der Waals surface area contributed by atoms with Crippen molar-refractivity contribution in [2.75, 3.05) is 32.8 Å². The van der Waals surface area contributed by atoms with Crippen molar-refractivity contribution in [3.8, 4) is 0 Å². The van der Waals surface area contributed by atoms with Gasteiger partial charge in [-0.3, -0.25) is 14.5 Å². The van der Waals surface area contributed by atoms with Gasteiger partial charge in [0.2, 0.25) is 5.91 Å². The third-order valence-electron chi connectivity index (χ3n) is 3.82. The summed E-state index contributed by atoms with van der Waals surface area (Å²) in [5.74, 6) is -0.384. The maximum absolute atomic E-state index is 11.2. The van der Waals surface area contributed by atoms with Gasteiger partial charge in [-0.15, -0.1) is 0 Å². The summed E-state index contributed by atoms with van der Waals surface area (Å²) in [6, 6.07) is 0.448. The van der Waals surface area contributed by atoms with Gasteiger partial charge in [0.1, 0.15) is 0 Å². The van der Waals surface area contributed by atoms with Crippen LogP contribution in [0.25, 0.3) is 0 Å². The van der Waals surface area contributed by atoms with E-state index in [1.807, 2.05) is 6.92 Å². The first kappa shape index (κ1) is 17.9. The highest BCUT2D eigenvalue weighted by molar-refractivity contribution is 5.75.